The van der Waals surface area contributed by atoms with E-state index < -0.39 is 10.7 Å². The van der Waals surface area contributed by atoms with Gasteiger partial charge in [0.15, 0.2) is 0 Å². The molecule has 0 spiro atoms. The van der Waals surface area contributed by atoms with Gasteiger partial charge in [-0.25, -0.2) is 9.18 Å². The first-order valence-corrected chi connectivity index (χ1v) is 7.10. The van der Waals surface area contributed by atoms with E-state index in [0.717, 1.165) is 10.2 Å². The third kappa shape index (κ3) is 2.94. The van der Waals surface area contributed by atoms with E-state index in [2.05, 4.69) is 5.10 Å². The second-order valence-corrected chi connectivity index (χ2v) is 5.31. The second-order valence-electron chi connectivity index (χ2n) is 5.31. The van der Waals surface area contributed by atoms with Gasteiger partial charge in [0.05, 0.1) is 17.2 Å². The van der Waals surface area contributed by atoms with Gasteiger partial charge in [0.1, 0.15) is 12.1 Å². The highest BCUT2D eigenvalue weighted by Gasteiger charge is 2.12. The number of nitrogens with zero attached hydrogens (tertiary/aromatic N) is 4. The van der Waals surface area contributed by atoms with E-state index in [-0.39, 0.29) is 17.9 Å². The van der Waals surface area contributed by atoms with Crippen LogP contribution in [0.4, 0.5) is 10.1 Å². The van der Waals surface area contributed by atoms with Gasteiger partial charge in [0, 0.05) is 11.6 Å². The summed E-state index contributed by atoms with van der Waals surface area (Å²) in [5.41, 5.74) is 1.39. The fourth-order valence-corrected chi connectivity index (χ4v) is 2.42. The molecule has 0 fully saturated rings. The maximum atomic E-state index is 13.0. The topological polar surface area (TPSA) is 83.0 Å². The van der Waals surface area contributed by atoms with Crippen LogP contribution < -0.4 is 5.69 Å². The van der Waals surface area contributed by atoms with E-state index in [0.29, 0.717) is 11.3 Å². The number of rotatable bonds is 4. The number of benzene rings is 2. The summed E-state index contributed by atoms with van der Waals surface area (Å²) < 4.78 is 15.5. The van der Waals surface area contributed by atoms with Gasteiger partial charge in [0.25, 0.3) is 5.69 Å². The SMILES string of the molecule is Cc1cc(Cn2cnn(-c3ccc(F)cc3)c2=O)ccc1[N+](=O)[O-]. The van der Waals surface area contributed by atoms with Crippen molar-refractivity contribution in [2.45, 2.75) is 13.5 Å². The van der Waals surface area contributed by atoms with Crippen LogP contribution in [0.25, 0.3) is 5.69 Å². The Hall–Kier alpha value is -3.29. The number of aryl methyl sites for hydroxylation is 1. The van der Waals surface area contributed by atoms with E-state index in [1.54, 1.807) is 19.1 Å². The zero-order valence-corrected chi connectivity index (χ0v) is 12.7. The molecule has 3 aromatic rings. The van der Waals surface area contributed by atoms with Crippen LogP contribution in [0.3, 0.4) is 0 Å². The number of hydrogen-bond acceptors (Lipinski definition) is 4. The summed E-state index contributed by atoms with van der Waals surface area (Å²) >= 11 is 0. The predicted octanol–water partition coefficient (Wildman–Crippen LogP) is 2.44. The monoisotopic (exact) mass is 328 g/mol. The highest BCUT2D eigenvalue weighted by molar-refractivity contribution is 5.41. The van der Waals surface area contributed by atoms with Crippen LogP contribution in [0.5, 0.6) is 0 Å². The number of aromatic nitrogens is 3. The average molecular weight is 328 g/mol. The summed E-state index contributed by atoms with van der Waals surface area (Å²) in [6, 6.07) is 10.1. The second kappa shape index (κ2) is 6.07. The molecule has 0 unspecified atom stereocenters. The van der Waals surface area contributed by atoms with Gasteiger partial charge in [-0.3, -0.25) is 14.7 Å². The largest absolute Gasteiger partial charge is 0.350 e. The van der Waals surface area contributed by atoms with Crippen LogP contribution in [0.2, 0.25) is 0 Å². The molecule has 0 N–H and O–H groups in total. The van der Waals surface area contributed by atoms with Crippen molar-refractivity contribution in [1.29, 1.82) is 0 Å². The van der Waals surface area contributed by atoms with Crippen molar-refractivity contribution in [2.75, 3.05) is 0 Å². The highest BCUT2D eigenvalue weighted by Crippen LogP contribution is 2.19. The Morgan fingerprint density at radius 1 is 1.21 bits per heavy atom. The maximum Gasteiger partial charge on any atom is 0.350 e. The lowest BCUT2D eigenvalue weighted by Crippen LogP contribution is -2.24. The first-order valence-electron chi connectivity index (χ1n) is 7.10. The van der Waals surface area contributed by atoms with Gasteiger partial charge in [-0.15, -0.1) is 0 Å². The molecule has 8 heteroatoms. The normalized spacial score (nSPS) is 10.8. The lowest BCUT2D eigenvalue weighted by molar-refractivity contribution is -0.385. The molecule has 3 rings (SSSR count). The minimum Gasteiger partial charge on any atom is -0.277 e. The summed E-state index contributed by atoms with van der Waals surface area (Å²) in [4.78, 5) is 22.8. The van der Waals surface area contributed by atoms with E-state index >= 15 is 0 Å². The molecule has 24 heavy (non-hydrogen) atoms. The van der Waals surface area contributed by atoms with Crippen molar-refractivity contribution in [3.8, 4) is 5.69 Å². The fourth-order valence-electron chi connectivity index (χ4n) is 2.42. The van der Waals surface area contributed by atoms with Gasteiger partial charge >= 0.3 is 5.69 Å². The smallest absolute Gasteiger partial charge is 0.277 e. The molecule has 0 saturated heterocycles. The first-order chi connectivity index (χ1) is 11.5. The van der Waals surface area contributed by atoms with Crippen LogP contribution >= 0.6 is 0 Å². The molecule has 0 amide bonds. The van der Waals surface area contributed by atoms with Crippen LogP contribution in [-0.2, 0) is 6.54 Å². The fraction of sp³-hybridized carbons (Fsp3) is 0.125. The summed E-state index contributed by atoms with van der Waals surface area (Å²) in [5.74, 6) is -0.396. The third-order valence-corrected chi connectivity index (χ3v) is 3.62. The Kier molecular flexibility index (Phi) is 3.95. The number of nitro benzene ring substituents is 1. The Morgan fingerprint density at radius 2 is 1.92 bits per heavy atom. The molecule has 0 saturated carbocycles. The molecule has 0 aliphatic carbocycles. The quantitative estimate of drug-likeness (QED) is 0.544. The van der Waals surface area contributed by atoms with E-state index in [4.69, 9.17) is 0 Å². The molecule has 2 aromatic carbocycles. The van der Waals surface area contributed by atoms with E-state index in [1.165, 1.54) is 41.2 Å². The van der Waals surface area contributed by atoms with Gasteiger partial charge in [-0.05, 0) is 42.8 Å². The minimum atomic E-state index is -0.447. The minimum absolute atomic E-state index is 0.0353. The molecular formula is C16H13FN4O3. The molecule has 122 valence electrons. The van der Waals surface area contributed by atoms with Crippen LogP contribution in [-0.4, -0.2) is 19.3 Å². The standard InChI is InChI=1S/C16H13FN4O3/c1-11-8-12(2-7-15(11)21(23)24)9-19-10-18-20(16(19)22)14-5-3-13(17)4-6-14/h2-8,10H,9H2,1H3. The number of halogens is 1. The molecule has 1 aromatic heterocycles. The summed E-state index contributed by atoms with van der Waals surface area (Å²) in [7, 11) is 0. The molecule has 0 aliphatic heterocycles. The van der Waals surface area contributed by atoms with Crippen LogP contribution in [0.15, 0.2) is 53.6 Å². The van der Waals surface area contributed by atoms with Crippen molar-refractivity contribution < 1.29 is 9.31 Å². The predicted molar refractivity (Wildman–Crippen MR) is 84.7 cm³/mol. The summed E-state index contributed by atoms with van der Waals surface area (Å²) in [6.45, 7) is 1.88. The van der Waals surface area contributed by atoms with Crippen molar-refractivity contribution in [2.24, 2.45) is 0 Å². The molecule has 0 radical (unpaired) electrons. The van der Waals surface area contributed by atoms with Crippen LogP contribution in [0.1, 0.15) is 11.1 Å². The van der Waals surface area contributed by atoms with Crippen molar-refractivity contribution in [3.63, 3.8) is 0 Å². The molecule has 7 nitrogen and oxygen atoms in total. The van der Waals surface area contributed by atoms with Crippen molar-refractivity contribution >= 4 is 5.69 Å². The zero-order chi connectivity index (χ0) is 17.3. The Morgan fingerprint density at radius 3 is 2.54 bits per heavy atom. The lowest BCUT2D eigenvalue weighted by Gasteiger charge is -2.04. The Balaban J connectivity index is 1.89. The van der Waals surface area contributed by atoms with Crippen LogP contribution in [0, 0.1) is 22.9 Å². The molecular weight excluding hydrogens is 315 g/mol. The molecule has 0 aliphatic rings. The van der Waals surface area contributed by atoms with E-state index in [1.807, 2.05) is 0 Å². The van der Waals surface area contributed by atoms with Crippen molar-refractivity contribution in [1.82, 2.24) is 14.3 Å². The van der Waals surface area contributed by atoms with E-state index in [9.17, 15) is 19.3 Å². The third-order valence-electron chi connectivity index (χ3n) is 3.62. The van der Waals surface area contributed by atoms with Gasteiger partial charge in [0.2, 0.25) is 0 Å². The Bertz CT molecular complexity index is 960. The lowest BCUT2D eigenvalue weighted by atomic mass is 10.1. The molecule has 1 heterocycles. The number of hydrogen-bond donors (Lipinski definition) is 0. The van der Waals surface area contributed by atoms with Crippen molar-refractivity contribution in [3.05, 3.63) is 86.3 Å². The first kappa shape index (κ1) is 15.6. The number of nitro groups is 1. The molecule has 0 atom stereocenters. The van der Waals surface area contributed by atoms with Gasteiger partial charge in [-0.2, -0.15) is 9.78 Å². The average Bonchev–Trinajstić information content (AvgIpc) is 2.89. The Labute approximate surface area is 135 Å². The highest BCUT2D eigenvalue weighted by atomic mass is 19.1. The summed E-state index contributed by atoms with van der Waals surface area (Å²) in [6.07, 6.45) is 1.38. The molecule has 0 bridgehead atoms. The zero-order valence-electron chi connectivity index (χ0n) is 12.7. The maximum absolute atomic E-state index is 13.0. The summed E-state index contributed by atoms with van der Waals surface area (Å²) in [5, 5.41) is 14.9. The van der Waals surface area contributed by atoms with Gasteiger partial charge < -0.3 is 0 Å². The van der Waals surface area contributed by atoms with Gasteiger partial charge in [-0.1, -0.05) is 6.07 Å².